The van der Waals surface area contributed by atoms with Gasteiger partial charge in [-0.3, -0.25) is 5.41 Å². The molecule has 0 aliphatic rings. The molecule has 1 aromatic carbocycles. The predicted octanol–water partition coefficient (Wildman–Crippen LogP) is 3.02. The Bertz CT molecular complexity index is 551. The lowest BCUT2D eigenvalue weighted by atomic mass is 10.1. The number of nitrogens with zero attached hydrogens (tertiary/aromatic N) is 1. The number of amidine groups is 1. The standard InChI is InChI=1S/C13H15N3S/c1-2-7-17-13-10(12(14)15)8-9-5-3-4-6-11(9)16-13/h3-6,8H,2,7H2,1H3,(H3,14,15). The number of thioether (sulfide) groups is 1. The molecule has 3 N–H and O–H groups in total. The van der Waals surface area contributed by atoms with Gasteiger partial charge in [0.1, 0.15) is 10.9 Å². The van der Waals surface area contributed by atoms with Crippen molar-refractivity contribution in [1.29, 1.82) is 5.41 Å². The molecule has 4 heteroatoms. The van der Waals surface area contributed by atoms with Crippen LogP contribution in [0.5, 0.6) is 0 Å². The zero-order chi connectivity index (χ0) is 12.3. The molecule has 17 heavy (non-hydrogen) atoms. The molecule has 0 atom stereocenters. The molecule has 0 saturated carbocycles. The Morgan fingerprint density at radius 3 is 2.88 bits per heavy atom. The average molecular weight is 245 g/mol. The summed E-state index contributed by atoms with van der Waals surface area (Å²) in [5.74, 6) is 1.08. The lowest BCUT2D eigenvalue weighted by Gasteiger charge is -2.08. The van der Waals surface area contributed by atoms with Gasteiger partial charge in [0.2, 0.25) is 0 Å². The van der Waals surface area contributed by atoms with Crippen molar-refractivity contribution in [1.82, 2.24) is 4.98 Å². The van der Waals surface area contributed by atoms with Crippen molar-refractivity contribution in [3.63, 3.8) is 0 Å². The number of hydrogen-bond acceptors (Lipinski definition) is 3. The highest BCUT2D eigenvalue weighted by molar-refractivity contribution is 7.99. The number of pyridine rings is 1. The zero-order valence-corrected chi connectivity index (χ0v) is 10.6. The van der Waals surface area contributed by atoms with E-state index in [1.165, 1.54) is 0 Å². The summed E-state index contributed by atoms with van der Waals surface area (Å²) in [7, 11) is 0. The second kappa shape index (κ2) is 5.19. The Balaban J connectivity index is 2.54. The number of aromatic nitrogens is 1. The van der Waals surface area contributed by atoms with E-state index in [0.29, 0.717) is 0 Å². The molecule has 1 aromatic heterocycles. The molecule has 0 radical (unpaired) electrons. The minimum absolute atomic E-state index is 0.0851. The highest BCUT2D eigenvalue weighted by Crippen LogP contribution is 2.25. The quantitative estimate of drug-likeness (QED) is 0.494. The maximum atomic E-state index is 7.61. The van der Waals surface area contributed by atoms with Crippen LogP contribution >= 0.6 is 11.8 Å². The van der Waals surface area contributed by atoms with Crippen molar-refractivity contribution in [3.8, 4) is 0 Å². The number of nitrogen functional groups attached to an aromatic ring is 1. The second-order valence-electron chi connectivity index (χ2n) is 3.80. The number of fused-ring (bicyclic) bond motifs is 1. The molecule has 0 amide bonds. The molecule has 0 bridgehead atoms. The van der Waals surface area contributed by atoms with Gasteiger partial charge in [-0.15, -0.1) is 11.8 Å². The number of nitrogens with two attached hydrogens (primary N) is 1. The third-order valence-electron chi connectivity index (χ3n) is 2.42. The third kappa shape index (κ3) is 2.58. The molecular formula is C13H15N3S. The van der Waals surface area contributed by atoms with Crippen LogP contribution in [0.4, 0.5) is 0 Å². The third-order valence-corrected chi connectivity index (χ3v) is 3.62. The summed E-state index contributed by atoms with van der Waals surface area (Å²) >= 11 is 1.66. The molecule has 2 rings (SSSR count). The summed E-state index contributed by atoms with van der Waals surface area (Å²) in [4.78, 5) is 4.58. The number of para-hydroxylation sites is 1. The Morgan fingerprint density at radius 2 is 2.18 bits per heavy atom. The van der Waals surface area contributed by atoms with Crippen molar-refractivity contribution in [2.75, 3.05) is 5.75 Å². The summed E-state index contributed by atoms with van der Waals surface area (Å²) in [6.45, 7) is 2.13. The van der Waals surface area contributed by atoms with E-state index < -0.39 is 0 Å². The van der Waals surface area contributed by atoms with Crippen molar-refractivity contribution in [3.05, 3.63) is 35.9 Å². The van der Waals surface area contributed by atoms with Gasteiger partial charge in [-0.05, 0) is 24.3 Å². The van der Waals surface area contributed by atoms with Crippen LogP contribution < -0.4 is 5.73 Å². The van der Waals surface area contributed by atoms with E-state index in [1.54, 1.807) is 11.8 Å². The minimum Gasteiger partial charge on any atom is -0.384 e. The van der Waals surface area contributed by atoms with Gasteiger partial charge in [0.15, 0.2) is 0 Å². The van der Waals surface area contributed by atoms with Crippen LogP contribution in [-0.2, 0) is 0 Å². The maximum absolute atomic E-state index is 7.61. The largest absolute Gasteiger partial charge is 0.384 e. The van der Waals surface area contributed by atoms with Gasteiger partial charge in [-0.2, -0.15) is 0 Å². The van der Waals surface area contributed by atoms with E-state index in [4.69, 9.17) is 11.1 Å². The fraction of sp³-hybridized carbons (Fsp3) is 0.231. The SMILES string of the molecule is CCCSc1nc2ccccc2cc1C(=N)N. The second-order valence-corrected chi connectivity index (χ2v) is 4.88. The molecule has 0 saturated heterocycles. The number of benzene rings is 1. The first kappa shape index (κ1) is 11.9. The van der Waals surface area contributed by atoms with Crippen LogP contribution in [0.15, 0.2) is 35.4 Å². The fourth-order valence-electron chi connectivity index (χ4n) is 1.60. The lowest BCUT2D eigenvalue weighted by Crippen LogP contribution is -2.13. The number of nitrogens with one attached hydrogen (secondary N) is 1. The van der Waals surface area contributed by atoms with Crippen LogP contribution in [0, 0.1) is 5.41 Å². The Hall–Kier alpha value is -1.55. The Labute approximate surface area is 105 Å². The van der Waals surface area contributed by atoms with Crippen LogP contribution in [0.1, 0.15) is 18.9 Å². The van der Waals surface area contributed by atoms with Gasteiger partial charge >= 0.3 is 0 Å². The highest BCUT2D eigenvalue weighted by atomic mass is 32.2. The van der Waals surface area contributed by atoms with Gasteiger partial charge in [0, 0.05) is 10.9 Å². The first-order chi connectivity index (χ1) is 8.22. The summed E-state index contributed by atoms with van der Waals surface area (Å²) in [6.07, 6.45) is 1.08. The fourth-order valence-corrected chi connectivity index (χ4v) is 2.48. The summed E-state index contributed by atoms with van der Waals surface area (Å²) < 4.78 is 0. The molecule has 0 fully saturated rings. The topological polar surface area (TPSA) is 62.8 Å². The van der Waals surface area contributed by atoms with Crippen molar-refractivity contribution < 1.29 is 0 Å². The first-order valence-electron chi connectivity index (χ1n) is 5.59. The molecule has 0 aliphatic carbocycles. The molecule has 88 valence electrons. The molecule has 0 aliphatic heterocycles. The van der Waals surface area contributed by atoms with E-state index in [0.717, 1.165) is 33.7 Å². The smallest absolute Gasteiger partial charge is 0.125 e. The highest BCUT2D eigenvalue weighted by Gasteiger charge is 2.09. The van der Waals surface area contributed by atoms with Crippen molar-refractivity contribution in [2.24, 2.45) is 5.73 Å². The monoisotopic (exact) mass is 245 g/mol. The maximum Gasteiger partial charge on any atom is 0.125 e. The van der Waals surface area contributed by atoms with E-state index in [2.05, 4.69) is 11.9 Å². The molecule has 3 nitrogen and oxygen atoms in total. The van der Waals surface area contributed by atoms with Gasteiger partial charge in [-0.25, -0.2) is 4.98 Å². The molecule has 1 heterocycles. The minimum atomic E-state index is 0.0851. The first-order valence-corrected chi connectivity index (χ1v) is 6.58. The summed E-state index contributed by atoms with van der Waals surface area (Å²) in [5, 5.41) is 9.50. The van der Waals surface area contributed by atoms with E-state index in [9.17, 15) is 0 Å². The molecular weight excluding hydrogens is 230 g/mol. The molecule has 2 aromatic rings. The number of rotatable bonds is 4. The predicted molar refractivity (Wildman–Crippen MR) is 73.8 cm³/mol. The van der Waals surface area contributed by atoms with Crippen molar-refractivity contribution >= 4 is 28.5 Å². The summed E-state index contributed by atoms with van der Waals surface area (Å²) in [5.41, 5.74) is 7.30. The Kier molecular flexibility index (Phi) is 3.64. The van der Waals surface area contributed by atoms with Crippen molar-refractivity contribution in [2.45, 2.75) is 18.4 Å². The van der Waals surface area contributed by atoms with Gasteiger partial charge in [0.05, 0.1) is 5.52 Å². The zero-order valence-electron chi connectivity index (χ0n) is 9.73. The van der Waals surface area contributed by atoms with E-state index in [1.807, 2.05) is 30.3 Å². The molecule has 0 unspecified atom stereocenters. The number of hydrogen-bond donors (Lipinski definition) is 2. The van der Waals surface area contributed by atoms with Gasteiger partial charge in [-0.1, -0.05) is 25.1 Å². The van der Waals surface area contributed by atoms with Gasteiger partial charge < -0.3 is 5.73 Å². The van der Waals surface area contributed by atoms with E-state index in [-0.39, 0.29) is 5.84 Å². The van der Waals surface area contributed by atoms with Crippen LogP contribution in [0.25, 0.3) is 10.9 Å². The Morgan fingerprint density at radius 1 is 1.41 bits per heavy atom. The average Bonchev–Trinajstić information content (AvgIpc) is 2.35. The normalized spacial score (nSPS) is 10.6. The van der Waals surface area contributed by atoms with E-state index >= 15 is 0 Å². The summed E-state index contributed by atoms with van der Waals surface area (Å²) in [6, 6.07) is 9.85. The van der Waals surface area contributed by atoms with Gasteiger partial charge in [0.25, 0.3) is 0 Å². The van der Waals surface area contributed by atoms with Crippen LogP contribution in [0.3, 0.4) is 0 Å². The lowest BCUT2D eigenvalue weighted by molar-refractivity contribution is 1.09. The van der Waals surface area contributed by atoms with Crippen LogP contribution in [0.2, 0.25) is 0 Å². The molecule has 0 spiro atoms. The van der Waals surface area contributed by atoms with Crippen LogP contribution in [-0.4, -0.2) is 16.6 Å².